The van der Waals surface area contributed by atoms with Crippen molar-refractivity contribution >= 4 is 105 Å². The molecule has 14 heteroatoms. The van der Waals surface area contributed by atoms with Crippen LogP contribution >= 0.6 is 69.8 Å². The molecule has 8 nitrogen and oxygen atoms in total. The van der Waals surface area contributed by atoms with Crippen LogP contribution in [0, 0.1) is 0 Å². The smallest absolute Gasteiger partial charge is 0.338 e. The summed E-state index contributed by atoms with van der Waals surface area (Å²) >= 11 is 31.0. The SMILES string of the molecule is O=C(CSc1cccc(NC(=O)c2c(Cl)c(Cl)c(Cl)c(Cl)c2C(=O)O)c1)Nc1ccc(Cl)c(C(=O)O)c1. The topological polar surface area (TPSA) is 133 Å². The molecule has 0 aromatic heterocycles. The highest BCUT2D eigenvalue weighted by Gasteiger charge is 2.29. The summed E-state index contributed by atoms with van der Waals surface area (Å²) in [6, 6.07) is 10.5. The normalized spacial score (nSPS) is 10.6. The van der Waals surface area contributed by atoms with Crippen molar-refractivity contribution in [2.45, 2.75) is 4.90 Å². The third-order valence-electron chi connectivity index (χ3n) is 4.65. The van der Waals surface area contributed by atoms with Gasteiger partial charge in [0.1, 0.15) is 0 Å². The number of nitrogens with one attached hydrogen (secondary N) is 2. The van der Waals surface area contributed by atoms with Gasteiger partial charge < -0.3 is 20.8 Å². The largest absolute Gasteiger partial charge is 0.478 e. The molecule has 0 bridgehead atoms. The average Bonchev–Trinajstić information content (AvgIpc) is 2.84. The first-order valence-electron chi connectivity index (χ1n) is 9.86. The van der Waals surface area contributed by atoms with Crippen molar-refractivity contribution in [1.82, 2.24) is 0 Å². The number of halogens is 5. The van der Waals surface area contributed by atoms with Crippen LogP contribution in [0.4, 0.5) is 11.4 Å². The van der Waals surface area contributed by atoms with Crippen LogP contribution < -0.4 is 10.6 Å². The van der Waals surface area contributed by atoms with E-state index in [0.717, 1.165) is 11.8 Å². The number of rotatable bonds is 8. The zero-order valence-electron chi connectivity index (χ0n) is 18.1. The van der Waals surface area contributed by atoms with Crippen LogP contribution in [0.15, 0.2) is 47.4 Å². The number of hydrogen-bond donors (Lipinski definition) is 4. The van der Waals surface area contributed by atoms with Crippen LogP contribution in [-0.4, -0.2) is 39.7 Å². The van der Waals surface area contributed by atoms with Crippen LogP contribution in [0.25, 0.3) is 0 Å². The van der Waals surface area contributed by atoms with Gasteiger partial charge in [0, 0.05) is 16.3 Å². The molecular formula is C23H13Cl5N2O6S. The predicted molar refractivity (Wildman–Crippen MR) is 146 cm³/mol. The van der Waals surface area contributed by atoms with Gasteiger partial charge in [-0.15, -0.1) is 11.8 Å². The molecule has 0 atom stereocenters. The Balaban J connectivity index is 1.73. The maximum absolute atomic E-state index is 12.9. The second kappa shape index (κ2) is 12.3. The standard InChI is InChI=1S/C23H13Cl5N2O6S/c24-13-5-4-10(7-12(13)22(33)34)29-14(31)8-37-11-3-1-2-9(6-11)30-21(32)15-16(23(35)36)18(26)20(28)19(27)17(15)25/h1-7H,8H2,(H,29,31)(H,30,32)(H,33,34)(H,35,36). The number of hydrogen-bond acceptors (Lipinski definition) is 5. The van der Waals surface area contributed by atoms with Gasteiger partial charge in [-0.3, -0.25) is 9.59 Å². The molecule has 0 aliphatic carbocycles. The van der Waals surface area contributed by atoms with Gasteiger partial charge in [-0.25, -0.2) is 9.59 Å². The number of aromatic carboxylic acids is 2. The molecule has 0 aliphatic heterocycles. The predicted octanol–water partition coefficient (Wildman–Crippen LogP) is 7.33. The van der Waals surface area contributed by atoms with Crippen LogP contribution in [0.2, 0.25) is 25.1 Å². The Labute approximate surface area is 238 Å². The van der Waals surface area contributed by atoms with Gasteiger partial charge in [0.15, 0.2) is 0 Å². The summed E-state index contributed by atoms with van der Waals surface area (Å²) in [7, 11) is 0. The van der Waals surface area contributed by atoms with E-state index >= 15 is 0 Å². The Kier molecular flexibility index (Phi) is 9.57. The molecule has 0 saturated carbocycles. The number of carbonyl (C=O) groups is 4. The van der Waals surface area contributed by atoms with Crippen molar-refractivity contribution in [3.8, 4) is 0 Å². The molecule has 0 unspecified atom stereocenters. The van der Waals surface area contributed by atoms with Gasteiger partial charge in [0.05, 0.1) is 47.6 Å². The number of carbonyl (C=O) groups excluding carboxylic acids is 2. The number of amides is 2. The lowest BCUT2D eigenvalue weighted by atomic mass is 10.1. The molecule has 0 heterocycles. The minimum atomic E-state index is -1.53. The highest BCUT2D eigenvalue weighted by molar-refractivity contribution is 8.00. The molecule has 3 aromatic rings. The fraction of sp³-hybridized carbons (Fsp3) is 0.0435. The molecule has 0 aliphatic rings. The first-order chi connectivity index (χ1) is 17.4. The minimum Gasteiger partial charge on any atom is -0.478 e. The van der Waals surface area contributed by atoms with E-state index in [2.05, 4.69) is 10.6 Å². The lowest BCUT2D eigenvalue weighted by Crippen LogP contribution is -2.18. The van der Waals surface area contributed by atoms with E-state index in [0.29, 0.717) is 4.90 Å². The molecule has 192 valence electrons. The summed E-state index contributed by atoms with van der Waals surface area (Å²) in [5, 5.41) is 22.5. The number of anilines is 2. The van der Waals surface area contributed by atoms with Crippen molar-refractivity contribution in [1.29, 1.82) is 0 Å². The highest BCUT2D eigenvalue weighted by atomic mass is 35.5. The van der Waals surface area contributed by atoms with E-state index in [1.54, 1.807) is 18.2 Å². The first kappa shape index (κ1) is 28.9. The molecule has 0 radical (unpaired) electrons. The lowest BCUT2D eigenvalue weighted by Gasteiger charge is -2.14. The number of benzene rings is 3. The first-order valence-corrected chi connectivity index (χ1v) is 12.7. The van der Waals surface area contributed by atoms with Gasteiger partial charge in [-0.1, -0.05) is 64.1 Å². The van der Waals surface area contributed by atoms with Gasteiger partial charge >= 0.3 is 11.9 Å². The number of carboxylic acids is 2. The van der Waals surface area contributed by atoms with Gasteiger partial charge in [-0.05, 0) is 36.4 Å². The molecule has 2 amide bonds. The highest BCUT2D eigenvalue weighted by Crippen LogP contribution is 2.42. The molecule has 0 fully saturated rings. The van der Waals surface area contributed by atoms with Gasteiger partial charge in [0.25, 0.3) is 5.91 Å². The minimum absolute atomic E-state index is 0.0404. The van der Waals surface area contributed by atoms with Crippen molar-refractivity contribution in [2.24, 2.45) is 0 Å². The summed E-state index contributed by atoms with van der Waals surface area (Å²) in [6.07, 6.45) is 0. The Morgan fingerprint density at radius 3 is 1.97 bits per heavy atom. The van der Waals surface area contributed by atoms with Crippen molar-refractivity contribution in [2.75, 3.05) is 16.4 Å². The van der Waals surface area contributed by atoms with Gasteiger partial charge in [-0.2, -0.15) is 0 Å². The molecule has 3 aromatic carbocycles. The second-order valence-electron chi connectivity index (χ2n) is 7.13. The van der Waals surface area contributed by atoms with Gasteiger partial charge in [0.2, 0.25) is 5.91 Å². The summed E-state index contributed by atoms with van der Waals surface area (Å²) in [5.74, 6) is -4.10. The Hall–Kier alpha value is -2.66. The summed E-state index contributed by atoms with van der Waals surface area (Å²) in [4.78, 5) is 48.8. The Morgan fingerprint density at radius 2 is 1.35 bits per heavy atom. The summed E-state index contributed by atoms with van der Waals surface area (Å²) in [5.41, 5.74) is -0.678. The Morgan fingerprint density at radius 1 is 0.730 bits per heavy atom. The number of carboxylic acid groups (broad SMARTS) is 2. The van der Waals surface area contributed by atoms with E-state index in [4.69, 9.17) is 63.1 Å². The van der Waals surface area contributed by atoms with E-state index in [9.17, 15) is 24.3 Å². The van der Waals surface area contributed by atoms with Crippen LogP contribution in [0.5, 0.6) is 0 Å². The fourth-order valence-electron chi connectivity index (χ4n) is 3.02. The maximum Gasteiger partial charge on any atom is 0.338 e. The number of thioether (sulfide) groups is 1. The zero-order chi connectivity index (χ0) is 27.4. The molecule has 0 saturated heterocycles. The lowest BCUT2D eigenvalue weighted by molar-refractivity contribution is -0.113. The summed E-state index contributed by atoms with van der Waals surface area (Å²) < 4.78 is 0. The van der Waals surface area contributed by atoms with Crippen molar-refractivity contribution in [3.63, 3.8) is 0 Å². The van der Waals surface area contributed by atoms with E-state index in [1.165, 1.54) is 24.3 Å². The second-order valence-corrected chi connectivity index (χ2v) is 10.1. The Bertz CT molecular complexity index is 1450. The van der Waals surface area contributed by atoms with Crippen LogP contribution in [0.3, 0.4) is 0 Å². The average molecular weight is 623 g/mol. The van der Waals surface area contributed by atoms with E-state index in [-0.39, 0.29) is 42.8 Å². The van der Waals surface area contributed by atoms with Crippen molar-refractivity contribution < 1.29 is 29.4 Å². The zero-order valence-corrected chi connectivity index (χ0v) is 22.7. The quantitative estimate of drug-likeness (QED) is 0.117. The van der Waals surface area contributed by atoms with Crippen LogP contribution in [-0.2, 0) is 4.79 Å². The molecule has 4 N–H and O–H groups in total. The maximum atomic E-state index is 12.9. The molecule has 3 rings (SSSR count). The van der Waals surface area contributed by atoms with E-state index in [1.807, 2.05) is 0 Å². The monoisotopic (exact) mass is 620 g/mol. The van der Waals surface area contributed by atoms with E-state index < -0.39 is 39.9 Å². The van der Waals surface area contributed by atoms with Crippen LogP contribution in [0.1, 0.15) is 31.1 Å². The molecular weight excluding hydrogens is 610 g/mol. The third-order valence-corrected chi connectivity index (χ3v) is 7.78. The third kappa shape index (κ3) is 6.81. The van der Waals surface area contributed by atoms with Crippen molar-refractivity contribution in [3.05, 3.63) is 84.3 Å². The molecule has 37 heavy (non-hydrogen) atoms. The fourth-order valence-corrected chi connectivity index (χ4v) is 4.99. The molecule has 0 spiro atoms. The summed E-state index contributed by atoms with van der Waals surface area (Å²) in [6.45, 7) is 0.